The van der Waals surface area contributed by atoms with E-state index in [1.165, 1.54) is 0 Å². The van der Waals surface area contributed by atoms with E-state index in [-0.39, 0.29) is 19.4 Å². The van der Waals surface area contributed by atoms with Crippen LogP contribution >= 0.6 is 7.80 Å². The van der Waals surface area contributed by atoms with Crippen LogP contribution in [0, 0.1) is 0 Å². The summed E-state index contributed by atoms with van der Waals surface area (Å²) >= 11 is 0. The number of aliphatic hydroxyl groups excluding tert-OH is 1. The van der Waals surface area contributed by atoms with Crippen molar-refractivity contribution in [1.29, 1.82) is 0 Å². The summed E-state index contributed by atoms with van der Waals surface area (Å²) < 4.78 is 22.2. The van der Waals surface area contributed by atoms with Crippen molar-refractivity contribution >= 4 is 19.7 Å². The molecule has 0 saturated carbocycles. The lowest BCUT2D eigenvalue weighted by atomic mass is 10.2. The number of ether oxygens (including phenoxy) is 2. The fourth-order valence-electron chi connectivity index (χ4n) is 1.50. The van der Waals surface area contributed by atoms with Crippen molar-refractivity contribution in [2.24, 2.45) is 0 Å². The molecule has 2 atom stereocenters. The number of hydrogen-bond acceptors (Lipinski definition) is 6. The smallest absolute Gasteiger partial charge is 0.348 e. The summed E-state index contributed by atoms with van der Waals surface area (Å²) in [4.78, 5) is 22.9. The van der Waals surface area contributed by atoms with Crippen LogP contribution in [-0.4, -0.2) is 80.9 Å². The summed E-state index contributed by atoms with van der Waals surface area (Å²) in [5.41, 5.74) is 0. The number of carbonyl (C=O) groups is 2. The second-order valence-corrected chi connectivity index (χ2v) is 8.26. The molecule has 134 valence electrons. The molecule has 23 heavy (non-hydrogen) atoms. The number of aliphatic hydroxyl groups is 1. The summed E-state index contributed by atoms with van der Waals surface area (Å²) in [6.07, 6.45) is 0.498. The third kappa shape index (κ3) is 13.1. The Morgan fingerprint density at radius 3 is 2.35 bits per heavy atom. The fourth-order valence-corrected chi connectivity index (χ4v) is 2.84. The minimum absolute atomic E-state index is 0.0207. The van der Waals surface area contributed by atoms with E-state index in [9.17, 15) is 19.3 Å². The van der Waals surface area contributed by atoms with Crippen LogP contribution in [0.2, 0.25) is 0 Å². The molecule has 0 bridgehead atoms. The van der Waals surface area contributed by atoms with Gasteiger partial charge in [-0.25, -0.2) is 4.79 Å². The van der Waals surface area contributed by atoms with Crippen molar-refractivity contribution < 1.29 is 33.2 Å². The van der Waals surface area contributed by atoms with Crippen molar-refractivity contribution in [1.82, 2.24) is 0 Å². The highest BCUT2D eigenvalue weighted by Gasteiger charge is 2.24. The Morgan fingerprint density at radius 2 is 1.78 bits per heavy atom. The van der Waals surface area contributed by atoms with Gasteiger partial charge in [-0.05, 0) is 6.42 Å². The third-order valence-electron chi connectivity index (χ3n) is 3.00. The monoisotopic (exact) mass is 351 g/mol. The lowest BCUT2D eigenvalue weighted by Gasteiger charge is -2.21. The first-order chi connectivity index (χ1) is 10.7. The molecular weight excluding hydrogens is 321 g/mol. The van der Waals surface area contributed by atoms with Crippen molar-refractivity contribution in [3.63, 3.8) is 0 Å². The van der Waals surface area contributed by atoms with Crippen LogP contribution in [0.1, 0.15) is 26.2 Å². The number of unbranched alkanes of at least 4 members (excludes halogenated alkanes) is 1. The molecule has 0 aromatic carbocycles. The zero-order valence-corrected chi connectivity index (χ0v) is 15.5. The Hall–Kier alpha value is -1.04. The maximum absolute atomic E-state index is 11.8. The molecule has 0 radical (unpaired) electrons. The van der Waals surface area contributed by atoms with E-state index in [0.29, 0.717) is 6.16 Å². The predicted molar refractivity (Wildman–Crippen MR) is 87.7 cm³/mol. The molecule has 1 N–H and O–H groups in total. The van der Waals surface area contributed by atoms with Gasteiger partial charge in [0.1, 0.15) is 13.2 Å². The van der Waals surface area contributed by atoms with E-state index in [2.05, 4.69) is 0 Å². The van der Waals surface area contributed by atoms with Gasteiger partial charge in [-0.15, -0.1) is 0 Å². The largest absolute Gasteiger partial charge is 0.466 e. The first-order valence-corrected chi connectivity index (χ1v) is 9.51. The molecule has 0 fully saturated rings. The Morgan fingerprint density at radius 1 is 1.13 bits per heavy atom. The second-order valence-electron chi connectivity index (χ2n) is 6.40. The molecule has 0 aliphatic rings. The highest BCUT2D eigenvalue weighted by atomic mass is 31.1. The third-order valence-corrected chi connectivity index (χ3v) is 4.38. The van der Waals surface area contributed by atoms with Gasteiger partial charge in [0.25, 0.3) is 0 Å². The van der Waals surface area contributed by atoms with Crippen molar-refractivity contribution in [2.45, 2.75) is 32.3 Å². The predicted octanol–water partition coefficient (Wildman–Crippen LogP) is 1.16. The van der Waals surface area contributed by atoms with Gasteiger partial charge in [0.15, 0.2) is 18.4 Å². The Balaban J connectivity index is 3.87. The Kier molecular flexibility index (Phi) is 11.0. The number of nitrogens with zero attached hydrogens (tertiary/aromatic N) is 1. The maximum atomic E-state index is 11.8. The lowest BCUT2D eigenvalue weighted by Crippen LogP contribution is -2.36. The van der Waals surface area contributed by atoms with Gasteiger partial charge in [-0.3, -0.25) is 4.79 Å². The van der Waals surface area contributed by atoms with Gasteiger partial charge >= 0.3 is 19.7 Å². The molecule has 2 unspecified atom stereocenters. The van der Waals surface area contributed by atoms with Crippen molar-refractivity contribution in [2.75, 3.05) is 53.2 Å². The average Bonchev–Trinajstić information content (AvgIpc) is 2.44. The van der Waals surface area contributed by atoms with Gasteiger partial charge in [-0.2, -0.15) is 0 Å². The molecule has 8 heteroatoms. The minimum atomic E-state index is -1.53. The summed E-state index contributed by atoms with van der Waals surface area (Å²) in [6, 6.07) is 0. The molecule has 0 aromatic rings. The number of esters is 2. The zero-order valence-electron chi connectivity index (χ0n) is 14.6. The standard InChI is InChI=1S/C15H30NO6P/c1-5-6-8-21-14(18)12-13(17)15(19)22-9-11-23(20)10-7-16(2,3)4/h13,17H,5-12H2,1-4H3/q+2. The molecule has 0 saturated heterocycles. The van der Waals surface area contributed by atoms with Crippen LogP contribution in [0.3, 0.4) is 0 Å². The summed E-state index contributed by atoms with van der Waals surface area (Å²) in [5, 5.41) is 9.57. The van der Waals surface area contributed by atoms with E-state index in [1.807, 2.05) is 28.1 Å². The molecule has 0 aromatic heterocycles. The normalized spacial score (nSPS) is 13.3. The zero-order chi connectivity index (χ0) is 17.9. The van der Waals surface area contributed by atoms with Gasteiger partial charge in [0.05, 0.1) is 34.2 Å². The van der Waals surface area contributed by atoms with Crippen molar-refractivity contribution in [3.05, 3.63) is 0 Å². The molecule has 7 nitrogen and oxygen atoms in total. The molecule has 0 aliphatic carbocycles. The first kappa shape index (κ1) is 22.0. The van der Waals surface area contributed by atoms with Crippen LogP contribution < -0.4 is 0 Å². The fraction of sp³-hybridized carbons (Fsp3) is 0.867. The molecule has 0 heterocycles. The van der Waals surface area contributed by atoms with Gasteiger partial charge in [-0.1, -0.05) is 17.9 Å². The van der Waals surface area contributed by atoms with Crippen molar-refractivity contribution in [3.8, 4) is 0 Å². The molecule has 0 rings (SSSR count). The van der Waals surface area contributed by atoms with E-state index >= 15 is 0 Å². The number of quaternary nitrogens is 1. The topological polar surface area (TPSA) is 89.9 Å². The van der Waals surface area contributed by atoms with Crippen LogP contribution in [0.25, 0.3) is 0 Å². The molecular formula is C15H30NO6P+2. The highest BCUT2D eigenvalue weighted by molar-refractivity contribution is 7.44. The van der Waals surface area contributed by atoms with Gasteiger partial charge < -0.3 is 19.1 Å². The Bertz CT molecular complexity index is 394. The number of hydrogen-bond donors (Lipinski definition) is 1. The summed E-state index contributed by atoms with van der Waals surface area (Å²) in [7, 11) is 4.60. The Labute approximate surface area is 139 Å². The maximum Gasteiger partial charge on any atom is 0.348 e. The van der Waals surface area contributed by atoms with Crippen LogP contribution in [-0.2, 0) is 23.6 Å². The average molecular weight is 351 g/mol. The first-order valence-electron chi connectivity index (χ1n) is 7.88. The van der Waals surface area contributed by atoms with Gasteiger partial charge in [0, 0.05) is 0 Å². The molecule has 0 amide bonds. The number of carbonyl (C=O) groups excluding carboxylic acids is 2. The number of rotatable bonds is 12. The highest BCUT2D eigenvalue weighted by Crippen LogP contribution is 2.20. The molecule has 0 spiro atoms. The minimum Gasteiger partial charge on any atom is -0.466 e. The van der Waals surface area contributed by atoms with E-state index in [0.717, 1.165) is 23.9 Å². The van der Waals surface area contributed by atoms with Crippen LogP contribution in [0.15, 0.2) is 0 Å². The van der Waals surface area contributed by atoms with Gasteiger partial charge in [0.2, 0.25) is 0 Å². The van der Waals surface area contributed by atoms with E-state index < -0.39 is 32.3 Å². The second kappa shape index (κ2) is 11.5. The quantitative estimate of drug-likeness (QED) is 0.246. The van der Waals surface area contributed by atoms with E-state index in [4.69, 9.17) is 9.47 Å². The summed E-state index contributed by atoms with van der Waals surface area (Å²) in [5.74, 6) is -1.51. The van der Waals surface area contributed by atoms with E-state index in [1.54, 1.807) is 0 Å². The lowest BCUT2D eigenvalue weighted by molar-refractivity contribution is -0.867. The molecule has 0 aliphatic heterocycles. The SMILES string of the molecule is CCCCOC(=O)CC(O)C(=O)OCC[P+](=O)CC[N+](C)(C)C. The van der Waals surface area contributed by atoms with Crippen LogP contribution in [0.4, 0.5) is 0 Å². The van der Waals surface area contributed by atoms with Crippen LogP contribution in [0.5, 0.6) is 0 Å². The summed E-state index contributed by atoms with van der Waals surface area (Å²) in [6.45, 7) is 3.00.